The fourth-order valence-electron chi connectivity index (χ4n) is 4.05. The van der Waals surface area contributed by atoms with E-state index in [2.05, 4.69) is 42.9 Å². The van der Waals surface area contributed by atoms with Crippen LogP contribution in [0, 0.1) is 0 Å². The molecule has 0 unspecified atom stereocenters. The molecule has 27 heavy (non-hydrogen) atoms. The number of anilines is 1. The van der Waals surface area contributed by atoms with Crippen molar-refractivity contribution in [3.8, 4) is 5.75 Å². The molecule has 2 aromatic rings. The van der Waals surface area contributed by atoms with Crippen molar-refractivity contribution in [3.63, 3.8) is 0 Å². The van der Waals surface area contributed by atoms with E-state index < -0.39 is 0 Å². The molecule has 2 fully saturated rings. The second-order valence-corrected chi connectivity index (χ2v) is 7.44. The summed E-state index contributed by atoms with van der Waals surface area (Å²) in [6.45, 7) is 8.41. The van der Waals surface area contributed by atoms with Crippen molar-refractivity contribution < 1.29 is 4.74 Å². The van der Waals surface area contributed by atoms with Crippen molar-refractivity contribution in [2.75, 3.05) is 51.3 Å². The summed E-state index contributed by atoms with van der Waals surface area (Å²) in [7, 11) is 1.77. The number of piperazine rings is 1. The lowest BCUT2D eigenvalue weighted by atomic mass is 10.1. The lowest BCUT2D eigenvalue weighted by molar-refractivity contribution is 0.248. The van der Waals surface area contributed by atoms with Gasteiger partial charge in [0.25, 0.3) is 0 Å². The number of hydrogen-bond acceptors (Lipinski definition) is 6. The molecule has 1 aromatic carbocycles. The van der Waals surface area contributed by atoms with Gasteiger partial charge in [-0.05, 0) is 49.7 Å². The predicted molar refractivity (Wildman–Crippen MR) is 107 cm³/mol. The molecule has 144 valence electrons. The maximum atomic E-state index is 5.60. The highest BCUT2D eigenvalue weighted by molar-refractivity contribution is 5.37. The number of benzene rings is 1. The van der Waals surface area contributed by atoms with Crippen LogP contribution in [0.4, 0.5) is 5.95 Å². The molecule has 2 aliphatic rings. The number of rotatable bonds is 6. The van der Waals surface area contributed by atoms with Gasteiger partial charge in [0.15, 0.2) is 0 Å². The molecule has 0 aliphatic carbocycles. The molecule has 0 bridgehead atoms. The second kappa shape index (κ2) is 8.67. The van der Waals surface area contributed by atoms with Crippen LogP contribution in [0.25, 0.3) is 0 Å². The van der Waals surface area contributed by atoms with Crippen LogP contribution in [-0.2, 0) is 13.1 Å². The Hall–Kier alpha value is -2.18. The summed E-state index contributed by atoms with van der Waals surface area (Å²) in [6.07, 6.45) is 6.26. The van der Waals surface area contributed by atoms with Gasteiger partial charge in [-0.3, -0.25) is 9.80 Å². The van der Waals surface area contributed by atoms with E-state index in [0.29, 0.717) is 0 Å². The lowest BCUT2D eigenvalue weighted by Gasteiger charge is -2.34. The van der Waals surface area contributed by atoms with Crippen LogP contribution >= 0.6 is 0 Å². The Morgan fingerprint density at radius 1 is 0.889 bits per heavy atom. The van der Waals surface area contributed by atoms with Crippen LogP contribution in [-0.4, -0.2) is 66.1 Å². The Balaban J connectivity index is 1.36. The zero-order valence-electron chi connectivity index (χ0n) is 16.2. The first-order valence-electron chi connectivity index (χ1n) is 9.94. The minimum absolute atomic E-state index is 0.842. The van der Waals surface area contributed by atoms with E-state index in [1.54, 1.807) is 7.11 Å². The van der Waals surface area contributed by atoms with E-state index in [0.717, 1.165) is 51.0 Å². The molecule has 6 nitrogen and oxygen atoms in total. The van der Waals surface area contributed by atoms with Crippen molar-refractivity contribution in [1.82, 2.24) is 19.8 Å². The van der Waals surface area contributed by atoms with E-state index in [-0.39, 0.29) is 0 Å². The van der Waals surface area contributed by atoms with E-state index in [1.165, 1.54) is 37.1 Å². The van der Waals surface area contributed by atoms with Gasteiger partial charge in [0.1, 0.15) is 5.75 Å². The van der Waals surface area contributed by atoms with Gasteiger partial charge in [0.2, 0.25) is 5.95 Å². The largest absolute Gasteiger partial charge is 0.496 e. The van der Waals surface area contributed by atoms with Crippen molar-refractivity contribution >= 4 is 5.95 Å². The molecule has 0 N–H and O–H groups in total. The van der Waals surface area contributed by atoms with Crippen LogP contribution in [0.2, 0.25) is 0 Å². The Labute approximate surface area is 161 Å². The highest BCUT2D eigenvalue weighted by Gasteiger charge is 2.20. The topological polar surface area (TPSA) is 44.7 Å². The molecule has 6 heteroatoms. The second-order valence-electron chi connectivity index (χ2n) is 7.44. The van der Waals surface area contributed by atoms with Gasteiger partial charge in [0, 0.05) is 57.2 Å². The first-order valence-corrected chi connectivity index (χ1v) is 9.94. The van der Waals surface area contributed by atoms with Crippen molar-refractivity contribution in [1.29, 1.82) is 0 Å². The fraction of sp³-hybridized carbons (Fsp3) is 0.524. The monoisotopic (exact) mass is 367 g/mol. The molecule has 2 aliphatic heterocycles. The van der Waals surface area contributed by atoms with E-state index >= 15 is 0 Å². The molecule has 0 atom stereocenters. The number of nitrogens with zero attached hydrogens (tertiary/aromatic N) is 5. The van der Waals surface area contributed by atoms with E-state index in [4.69, 9.17) is 4.74 Å². The van der Waals surface area contributed by atoms with Gasteiger partial charge in [0.05, 0.1) is 7.11 Å². The zero-order chi connectivity index (χ0) is 18.5. The molecule has 0 amide bonds. The van der Waals surface area contributed by atoms with Gasteiger partial charge < -0.3 is 9.64 Å². The summed E-state index contributed by atoms with van der Waals surface area (Å²) in [4.78, 5) is 16.0. The van der Waals surface area contributed by atoms with Crippen molar-refractivity contribution in [2.24, 2.45) is 0 Å². The van der Waals surface area contributed by atoms with E-state index in [9.17, 15) is 0 Å². The third-order valence-electron chi connectivity index (χ3n) is 5.55. The van der Waals surface area contributed by atoms with Crippen molar-refractivity contribution in [2.45, 2.75) is 25.9 Å². The summed E-state index contributed by atoms with van der Waals surface area (Å²) in [5.74, 6) is 1.85. The zero-order valence-corrected chi connectivity index (χ0v) is 16.2. The first-order chi connectivity index (χ1) is 13.3. The lowest BCUT2D eigenvalue weighted by Crippen LogP contribution is -2.46. The van der Waals surface area contributed by atoms with Crippen LogP contribution in [0.1, 0.15) is 24.0 Å². The Morgan fingerprint density at radius 2 is 1.59 bits per heavy atom. The number of likely N-dealkylation sites (tertiary alicyclic amines) is 1. The maximum Gasteiger partial charge on any atom is 0.225 e. The third-order valence-corrected chi connectivity index (χ3v) is 5.55. The molecule has 1 aromatic heterocycles. The van der Waals surface area contributed by atoms with Crippen LogP contribution in [0.3, 0.4) is 0 Å². The molecule has 3 heterocycles. The van der Waals surface area contributed by atoms with Crippen LogP contribution in [0.5, 0.6) is 5.75 Å². The molecule has 4 rings (SSSR count). The molecule has 0 radical (unpaired) electrons. The quantitative estimate of drug-likeness (QED) is 0.781. The maximum absolute atomic E-state index is 5.60. The van der Waals surface area contributed by atoms with Gasteiger partial charge >= 0.3 is 0 Å². The standard InChI is InChI=1S/C21H29N5O/c1-27-20-6-5-18(15-19(20)17-24-9-2-3-10-24)16-25-11-13-26(14-12-25)21-22-7-4-8-23-21/h4-8,15H,2-3,9-14,16-17H2,1H3. The van der Waals surface area contributed by atoms with Gasteiger partial charge in [-0.25, -0.2) is 9.97 Å². The Kier molecular flexibility index (Phi) is 5.84. The van der Waals surface area contributed by atoms with Crippen molar-refractivity contribution in [3.05, 3.63) is 47.8 Å². The number of methoxy groups -OCH3 is 1. The summed E-state index contributed by atoms with van der Waals surface area (Å²) in [5.41, 5.74) is 2.68. The summed E-state index contributed by atoms with van der Waals surface area (Å²) in [6, 6.07) is 8.54. The SMILES string of the molecule is COc1ccc(CN2CCN(c3ncccn3)CC2)cc1CN1CCCC1. The van der Waals surface area contributed by atoms with Gasteiger partial charge in [-0.1, -0.05) is 6.07 Å². The normalized spacial score (nSPS) is 18.8. The fourth-order valence-corrected chi connectivity index (χ4v) is 4.05. The summed E-state index contributed by atoms with van der Waals surface area (Å²) >= 11 is 0. The molecular formula is C21H29N5O. The third kappa shape index (κ3) is 4.57. The number of ether oxygens (including phenoxy) is 1. The summed E-state index contributed by atoms with van der Waals surface area (Å²) in [5, 5.41) is 0. The predicted octanol–water partition coefficient (Wildman–Crippen LogP) is 2.40. The van der Waals surface area contributed by atoms with Crippen LogP contribution in [0.15, 0.2) is 36.7 Å². The Bertz CT molecular complexity index is 725. The first kappa shape index (κ1) is 18.2. The minimum atomic E-state index is 0.842. The summed E-state index contributed by atoms with van der Waals surface area (Å²) < 4.78 is 5.60. The van der Waals surface area contributed by atoms with E-state index in [1.807, 2.05) is 18.5 Å². The Morgan fingerprint density at radius 3 is 2.30 bits per heavy atom. The molecular weight excluding hydrogens is 338 g/mol. The highest BCUT2D eigenvalue weighted by Crippen LogP contribution is 2.24. The molecule has 2 saturated heterocycles. The number of hydrogen-bond donors (Lipinski definition) is 0. The average Bonchev–Trinajstić information content (AvgIpc) is 3.23. The minimum Gasteiger partial charge on any atom is -0.496 e. The van der Waals surface area contributed by atoms with Gasteiger partial charge in [-0.2, -0.15) is 0 Å². The number of aromatic nitrogens is 2. The molecule has 0 saturated carbocycles. The van der Waals surface area contributed by atoms with Crippen LogP contribution < -0.4 is 9.64 Å². The molecule has 0 spiro atoms. The smallest absolute Gasteiger partial charge is 0.225 e. The highest BCUT2D eigenvalue weighted by atomic mass is 16.5. The average molecular weight is 367 g/mol. The van der Waals surface area contributed by atoms with Gasteiger partial charge in [-0.15, -0.1) is 0 Å².